The van der Waals surface area contributed by atoms with Gasteiger partial charge in [-0.25, -0.2) is 0 Å². The van der Waals surface area contributed by atoms with Crippen LogP contribution in [0.15, 0.2) is 24.3 Å². The lowest BCUT2D eigenvalue weighted by atomic mass is 9.75. The van der Waals surface area contributed by atoms with E-state index in [2.05, 4.69) is 31.2 Å². The molecule has 2 saturated heterocycles. The molecule has 1 N–H and O–H groups in total. The summed E-state index contributed by atoms with van der Waals surface area (Å²) in [6.07, 6.45) is 21.0. The van der Waals surface area contributed by atoms with Crippen molar-refractivity contribution in [2.75, 3.05) is 13.2 Å². The van der Waals surface area contributed by atoms with E-state index in [-0.39, 0.29) is 6.42 Å². The summed E-state index contributed by atoms with van der Waals surface area (Å²) >= 11 is 0. The van der Waals surface area contributed by atoms with Crippen LogP contribution < -0.4 is 0 Å². The second-order valence-corrected chi connectivity index (χ2v) is 7.94. The average Bonchev–Trinajstić information content (AvgIpc) is 3.25. The van der Waals surface area contributed by atoms with Crippen LogP contribution in [0.25, 0.3) is 0 Å². The molecule has 27 heavy (non-hydrogen) atoms. The molecule has 0 aliphatic carbocycles. The first-order valence-corrected chi connectivity index (χ1v) is 11.0. The van der Waals surface area contributed by atoms with Crippen LogP contribution in [0, 0.1) is 11.8 Å². The molecule has 0 spiro atoms. The van der Waals surface area contributed by atoms with Crippen LogP contribution in [0.3, 0.4) is 0 Å². The first kappa shape index (κ1) is 22.2. The Bertz CT molecular complexity index is 471. The number of hydrogen-bond acceptors (Lipinski definition) is 3. The van der Waals surface area contributed by atoms with Gasteiger partial charge in [0.05, 0.1) is 18.8 Å². The van der Waals surface area contributed by atoms with E-state index in [9.17, 15) is 4.79 Å². The predicted molar refractivity (Wildman–Crippen MR) is 109 cm³/mol. The smallest absolute Gasteiger partial charge is 0.303 e. The Morgan fingerprint density at radius 1 is 1.04 bits per heavy atom. The Balaban J connectivity index is 1.59. The molecular formula is C23H38O4. The van der Waals surface area contributed by atoms with Gasteiger partial charge in [0, 0.05) is 13.0 Å². The van der Waals surface area contributed by atoms with Crippen LogP contribution in [-0.2, 0) is 14.3 Å². The number of carbonyl (C=O) groups is 1. The van der Waals surface area contributed by atoms with Crippen molar-refractivity contribution in [1.82, 2.24) is 0 Å². The number of aliphatic carboxylic acids is 1. The standard InChI is InChI=1S/C23H38O4/c1-2-3-4-10-17-26-18-11-9-13-20-19(21-15-16-22(20)27-21)12-7-5-6-8-14-23(24)25/h4-5,7,10,19-22H,2-3,6,8-9,11-18H2,1H3,(H,24,25)/t19-,20+,21-,22+/m1/s1. The van der Waals surface area contributed by atoms with Crippen LogP contribution in [-0.4, -0.2) is 36.5 Å². The normalized spacial score (nSPS) is 27.3. The summed E-state index contributed by atoms with van der Waals surface area (Å²) in [6, 6.07) is 0. The summed E-state index contributed by atoms with van der Waals surface area (Å²) in [6.45, 7) is 3.78. The lowest BCUT2D eigenvalue weighted by Gasteiger charge is -2.27. The quantitative estimate of drug-likeness (QED) is 0.301. The summed E-state index contributed by atoms with van der Waals surface area (Å²) in [5, 5.41) is 8.68. The van der Waals surface area contributed by atoms with E-state index in [1.54, 1.807) is 0 Å². The third-order valence-electron chi connectivity index (χ3n) is 5.84. The molecule has 2 rings (SSSR count). The van der Waals surface area contributed by atoms with Crippen LogP contribution in [0.4, 0.5) is 0 Å². The molecule has 0 saturated carbocycles. The topological polar surface area (TPSA) is 55.8 Å². The number of carboxylic acids is 1. The van der Waals surface area contributed by atoms with Crippen molar-refractivity contribution in [2.45, 2.75) is 89.8 Å². The SMILES string of the molecule is CCCC=CCOCCCC[C@H]1[C@@H](CC=CCCCC(=O)O)[C@H]2CC[C@@H]1O2. The molecule has 2 fully saturated rings. The molecule has 0 aromatic carbocycles. The van der Waals surface area contributed by atoms with Crippen LogP contribution >= 0.6 is 0 Å². The lowest BCUT2D eigenvalue weighted by Crippen LogP contribution is -2.26. The fourth-order valence-corrected chi connectivity index (χ4v) is 4.43. The van der Waals surface area contributed by atoms with Gasteiger partial charge in [-0.2, -0.15) is 0 Å². The Morgan fingerprint density at radius 3 is 2.59 bits per heavy atom. The van der Waals surface area contributed by atoms with Crippen molar-refractivity contribution in [1.29, 1.82) is 0 Å². The molecule has 2 aliphatic rings. The fraction of sp³-hybridized carbons (Fsp3) is 0.783. The molecule has 4 heteroatoms. The van der Waals surface area contributed by atoms with Gasteiger partial charge in [0.25, 0.3) is 0 Å². The van der Waals surface area contributed by atoms with Crippen LogP contribution in [0.2, 0.25) is 0 Å². The van der Waals surface area contributed by atoms with E-state index >= 15 is 0 Å². The largest absolute Gasteiger partial charge is 0.481 e. The van der Waals surface area contributed by atoms with Gasteiger partial charge in [0.2, 0.25) is 0 Å². The minimum atomic E-state index is -0.703. The second kappa shape index (κ2) is 13.1. The highest BCUT2D eigenvalue weighted by atomic mass is 16.5. The minimum Gasteiger partial charge on any atom is -0.481 e. The summed E-state index contributed by atoms with van der Waals surface area (Å²) in [5.74, 6) is 0.639. The maximum Gasteiger partial charge on any atom is 0.303 e. The number of fused-ring (bicyclic) bond motifs is 2. The van der Waals surface area contributed by atoms with Gasteiger partial charge < -0.3 is 14.6 Å². The van der Waals surface area contributed by atoms with Gasteiger partial charge in [0.1, 0.15) is 0 Å². The van der Waals surface area contributed by atoms with E-state index in [0.717, 1.165) is 45.3 Å². The Labute approximate surface area is 165 Å². The second-order valence-electron chi connectivity index (χ2n) is 7.94. The highest BCUT2D eigenvalue weighted by Crippen LogP contribution is 2.47. The van der Waals surface area contributed by atoms with E-state index in [1.165, 1.54) is 32.1 Å². The van der Waals surface area contributed by atoms with E-state index < -0.39 is 5.97 Å². The van der Waals surface area contributed by atoms with Crippen molar-refractivity contribution in [2.24, 2.45) is 11.8 Å². The van der Waals surface area contributed by atoms with Gasteiger partial charge in [-0.15, -0.1) is 0 Å². The summed E-state index contributed by atoms with van der Waals surface area (Å²) in [4.78, 5) is 10.5. The molecule has 0 aromatic rings. The maximum atomic E-state index is 10.5. The number of unbranched alkanes of at least 4 members (excludes halogenated alkanes) is 3. The first-order chi connectivity index (χ1) is 13.2. The van der Waals surface area contributed by atoms with Crippen LogP contribution in [0.5, 0.6) is 0 Å². The molecule has 2 aliphatic heterocycles. The van der Waals surface area contributed by atoms with Gasteiger partial charge >= 0.3 is 5.97 Å². The first-order valence-electron chi connectivity index (χ1n) is 11.0. The highest BCUT2D eigenvalue weighted by molar-refractivity contribution is 5.66. The van der Waals surface area contributed by atoms with Crippen molar-refractivity contribution < 1.29 is 19.4 Å². The summed E-state index contributed by atoms with van der Waals surface area (Å²) < 4.78 is 11.9. The minimum absolute atomic E-state index is 0.265. The maximum absolute atomic E-state index is 10.5. The molecule has 4 nitrogen and oxygen atoms in total. The predicted octanol–water partition coefficient (Wildman–Crippen LogP) is 5.52. The van der Waals surface area contributed by atoms with Gasteiger partial charge in [-0.1, -0.05) is 44.1 Å². The number of rotatable bonds is 15. The summed E-state index contributed by atoms with van der Waals surface area (Å²) in [7, 11) is 0. The van der Waals surface area contributed by atoms with Crippen molar-refractivity contribution in [3.05, 3.63) is 24.3 Å². The highest BCUT2D eigenvalue weighted by Gasteiger charge is 2.47. The van der Waals surface area contributed by atoms with Crippen molar-refractivity contribution in [3.8, 4) is 0 Å². The Kier molecular flexibility index (Phi) is 10.8. The molecule has 0 unspecified atom stereocenters. The average molecular weight is 379 g/mol. The molecule has 0 amide bonds. The molecule has 154 valence electrons. The Hall–Kier alpha value is -1.13. The zero-order chi connectivity index (χ0) is 19.3. The fourth-order valence-electron chi connectivity index (χ4n) is 4.43. The van der Waals surface area contributed by atoms with Gasteiger partial charge in [0.15, 0.2) is 0 Å². The third kappa shape index (κ3) is 8.18. The zero-order valence-corrected chi connectivity index (χ0v) is 17.0. The van der Waals surface area contributed by atoms with E-state index in [1.807, 2.05) is 0 Å². The molecule has 2 bridgehead atoms. The Morgan fingerprint density at radius 2 is 1.81 bits per heavy atom. The third-order valence-corrected chi connectivity index (χ3v) is 5.84. The summed E-state index contributed by atoms with van der Waals surface area (Å²) in [5.41, 5.74) is 0. The number of ether oxygens (including phenoxy) is 2. The number of hydrogen-bond donors (Lipinski definition) is 1. The molecule has 2 heterocycles. The number of allylic oxidation sites excluding steroid dienone is 3. The molecule has 4 atom stereocenters. The van der Waals surface area contributed by atoms with Crippen molar-refractivity contribution in [3.63, 3.8) is 0 Å². The van der Waals surface area contributed by atoms with Crippen LogP contribution in [0.1, 0.15) is 77.6 Å². The van der Waals surface area contributed by atoms with Gasteiger partial charge in [-0.3, -0.25) is 4.79 Å². The molecular weight excluding hydrogens is 340 g/mol. The monoisotopic (exact) mass is 378 g/mol. The molecule has 0 radical (unpaired) electrons. The molecule has 0 aromatic heterocycles. The lowest BCUT2D eigenvalue weighted by molar-refractivity contribution is -0.137. The van der Waals surface area contributed by atoms with Gasteiger partial charge in [-0.05, 0) is 63.2 Å². The van der Waals surface area contributed by atoms with E-state index in [4.69, 9.17) is 14.6 Å². The van der Waals surface area contributed by atoms with Crippen molar-refractivity contribution >= 4 is 5.97 Å². The van der Waals surface area contributed by atoms with E-state index in [0.29, 0.717) is 24.0 Å². The zero-order valence-electron chi connectivity index (χ0n) is 17.0. The number of carboxylic acid groups (broad SMARTS) is 1.